The van der Waals surface area contributed by atoms with Gasteiger partial charge < -0.3 is 44.6 Å². The van der Waals surface area contributed by atoms with E-state index in [1.54, 1.807) is 91.0 Å². The zero-order valence-corrected chi connectivity index (χ0v) is 51.4. The minimum Gasteiger partial charge on any atom is -0.451 e. The largest absolute Gasteiger partial charge is 0.451 e. The maximum Gasteiger partial charge on any atom is 0.284 e. The van der Waals surface area contributed by atoms with Gasteiger partial charge in [-0.1, -0.05) is 86.3 Å². The molecule has 5 heterocycles. The molecule has 5 aromatic heterocycles. The molecule has 1 atom stereocenters. The van der Waals surface area contributed by atoms with Crippen molar-refractivity contribution in [2.24, 2.45) is 11.5 Å². The van der Waals surface area contributed by atoms with Crippen molar-refractivity contribution < 1.29 is 46.1 Å². The summed E-state index contributed by atoms with van der Waals surface area (Å²) < 4.78 is 26.1. The molecule has 0 saturated carbocycles. The van der Waals surface area contributed by atoms with Gasteiger partial charge in [-0.15, -0.1) is 0 Å². The van der Waals surface area contributed by atoms with Gasteiger partial charge in [-0.2, -0.15) is 15.8 Å². The summed E-state index contributed by atoms with van der Waals surface area (Å²) in [6.45, 7) is 10.9. The Morgan fingerprint density at radius 1 is 0.467 bits per heavy atom. The van der Waals surface area contributed by atoms with Crippen molar-refractivity contribution in [3.63, 3.8) is 0 Å². The second kappa shape index (κ2) is 31.0. The van der Waals surface area contributed by atoms with Gasteiger partial charge in [0.1, 0.15) is 46.1 Å². The molecule has 0 aliphatic rings. The highest BCUT2D eigenvalue weighted by Gasteiger charge is 2.14. The maximum absolute atomic E-state index is 11.1. The number of carbonyl (C=O) groups excluding carboxylic acids is 5. The van der Waals surface area contributed by atoms with Gasteiger partial charge in [0, 0.05) is 89.3 Å². The zero-order chi connectivity index (χ0) is 65.2. The Balaban J connectivity index is 0.000000157. The first-order chi connectivity index (χ1) is 43.1. The molecule has 7 aromatic carbocycles. The fourth-order valence-electron chi connectivity index (χ4n) is 8.99. The van der Waals surface area contributed by atoms with Crippen molar-refractivity contribution in [2.75, 3.05) is 11.1 Å². The standard InChI is InChI=1S/C20H19ClN2O.C11H9NO3.2C11H7NO2.C9H12ClN.C9H7NO2/c1-3-4-14-5-7-17(11-19(14)21)23-13(2)15-6-8-20-16(9-15)10-18(12-22)24-20;1-6(13)7-2-3-9-8(4-7)5-10(15-9)11(12)14;2*1-7(13)8-2-3-11-9(4-8)5-10(6-12)14-11;1-2-3-7-4-5-8(11)6-9(7)10;10-9(11)8-5-6-3-1-2-4-7(6)12-8/h5-11,13,23H,3-4H2,1-2H3;2-5H,1H3,(H2,12,14);2*2-5H,1H3;4-6H,2-3,11H2,1H3;1-5H,(H2,10,11). The summed E-state index contributed by atoms with van der Waals surface area (Å²) in [5.41, 5.74) is 25.9. The van der Waals surface area contributed by atoms with Crippen LogP contribution in [0.15, 0.2) is 186 Å². The molecule has 17 nitrogen and oxygen atoms in total. The first kappa shape index (κ1) is 66.4. The summed E-state index contributed by atoms with van der Waals surface area (Å²) in [4.78, 5) is 54.8. The average molecular weight is 1240 g/mol. The van der Waals surface area contributed by atoms with Crippen LogP contribution in [0.25, 0.3) is 54.8 Å². The van der Waals surface area contributed by atoms with Crippen LogP contribution in [-0.4, -0.2) is 29.2 Å². The minimum atomic E-state index is -0.615. The number of furan rings is 5. The van der Waals surface area contributed by atoms with Crippen LogP contribution >= 0.6 is 23.2 Å². The Labute approximate surface area is 527 Å². The lowest BCUT2D eigenvalue weighted by atomic mass is 10.1. The van der Waals surface area contributed by atoms with E-state index in [1.807, 2.05) is 72.8 Å². The number of aryl methyl sites for hydroxylation is 2. The third-order valence-electron chi connectivity index (χ3n) is 13.6. The number of para-hydroxylation sites is 1. The molecular weight excluding hydrogens is 1180 g/mol. The second-order valence-corrected chi connectivity index (χ2v) is 21.2. The summed E-state index contributed by atoms with van der Waals surface area (Å²) in [7, 11) is 0. The van der Waals surface area contributed by atoms with Crippen molar-refractivity contribution >= 4 is 119 Å². The van der Waals surface area contributed by atoms with Gasteiger partial charge in [-0.3, -0.25) is 24.0 Å². The zero-order valence-electron chi connectivity index (χ0n) is 49.9. The Kier molecular flexibility index (Phi) is 22.8. The number of nitrogens with zero attached hydrogens (tertiary/aromatic N) is 3. The van der Waals surface area contributed by atoms with Gasteiger partial charge in [0.05, 0.1) is 0 Å². The number of ketones is 3. The number of halogens is 2. The summed E-state index contributed by atoms with van der Waals surface area (Å²) in [5, 5.41) is 35.3. The quantitative estimate of drug-likeness (QED) is 0.0653. The van der Waals surface area contributed by atoms with Crippen LogP contribution in [0.1, 0.15) is 147 Å². The van der Waals surface area contributed by atoms with Gasteiger partial charge in [0.25, 0.3) is 11.8 Å². The topological polar surface area (TPSA) is 313 Å². The van der Waals surface area contributed by atoms with E-state index in [9.17, 15) is 24.0 Å². The van der Waals surface area contributed by atoms with Crippen LogP contribution in [0.2, 0.25) is 10.0 Å². The third-order valence-corrected chi connectivity index (χ3v) is 14.3. The summed E-state index contributed by atoms with van der Waals surface area (Å²) in [6.07, 6.45) is 4.22. The van der Waals surface area contributed by atoms with Crippen molar-refractivity contribution in [2.45, 2.75) is 73.3 Å². The molecule has 0 spiro atoms. The Morgan fingerprint density at radius 3 is 1.27 bits per heavy atom. The van der Waals surface area contributed by atoms with Crippen LogP contribution in [0.4, 0.5) is 11.4 Å². The van der Waals surface area contributed by atoms with Crippen molar-refractivity contribution in [3.05, 3.63) is 236 Å². The number of rotatable bonds is 12. The molecule has 0 fully saturated rings. The average Bonchev–Trinajstić information content (AvgIpc) is 1.99. The second-order valence-electron chi connectivity index (χ2n) is 20.4. The van der Waals surface area contributed by atoms with Gasteiger partial charge >= 0.3 is 0 Å². The number of carbonyl (C=O) groups is 5. The lowest BCUT2D eigenvalue weighted by molar-refractivity contribution is 0.0968. The van der Waals surface area contributed by atoms with E-state index in [0.717, 1.165) is 79.8 Å². The molecule has 0 saturated heterocycles. The maximum atomic E-state index is 11.1. The lowest BCUT2D eigenvalue weighted by Gasteiger charge is -2.17. The number of nitrogen functional groups attached to an aromatic ring is 1. The van der Waals surface area contributed by atoms with Crippen LogP contribution < -0.4 is 22.5 Å². The number of benzene rings is 7. The lowest BCUT2D eigenvalue weighted by Crippen LogP contribution is -2.08. The molecule has 0 bridgehead atoms. The van der Waals surface area contributed by atoms with Gasteiger partial charge in [-0.05, 0) is 166 Å². The number of Topliss-reactive ketones (excluding diaryl/α,β-unsaturated/α-hetero) is 3. The van der Waals surface area contributed by atoms with Crippen LogP contribution in [0.3, 0.4) is 0 Å². The molecule has 0 aliphatic carbocycles. The normalized spacial score (nSPS) is 10.7. The molecule has 2 amide bonds. The van der Waals surface area contributed by atoms with Gasteiger partial charge in [0.15, 0.2) is 28.9 Å². The number of fused-ring (bicyclic) bond motifs is 5. The monoisotopic (exact) mass is 1240 g/mol. The first-order valence-corrected chi connectivity index (χ1v) is 28.9. The number of hydrogen-bond donors (Lipinski definition) is 4. The van der Waals surface area contributed by atoms with Crippen molar-refractivity contribution in [1.82, 2.24) is 0 Å². The molecule has 0 aliphatic heterocycles. The molecule has 19 heteroatoms. The van der Waals surface area contributed by atoms with E-state index in [-0.39, 0.29) is 46.4 Å². The Bertz CT molecular complexity index is 4590. The first-order valence-electron chi connectivity index (χ1n) is 28.1. The molecule has 7 N–H and O–H groups in total. The van der Waals surface area contributed by atoms with E-state index >= 15 is 0 Å². The van der Waals surface area contributed by atoms with Gasteiger partial charge in [0.2, 0.25) is 17.3 Å². The van der Waals surface area contributed by atoms with E-state index in [0.29, 0.717) is 50.2 Å². The number of primary amides is 2. The number of amides is 2. The fraction of sp³-hybridized carbons (Fsp3) is 0.155. The van der Waals surface area contributed by atoms with E-state index in [1.165, 1.54) is 38.0 Å². The minimum absolute atomic E-state index is 0.00612. The summed E-state index contributed by atoms with van der Waals surface area (Å²) >= 11 is 12.3. The van der Waals surface area contributed by atoms with Gasteiger partial charge in [-0.25, -0.2) is 0 Å². The summed E-state index contributed by atoms with van der Waals surface area (Å²) in [5.74, 6) is 0.00285. The molecule has 12 aromatic rings. The number of hydrogen-bond acceptors (Lipinski definition) is 15. The predicted octanol–water partition coefficient (Wildman–Crippen LogP) is 17.2. The third kappa shape index (κ3) is 17.7. The molecular formula is C71H61Cl2N7O10. The van der Waals surface area contributed by atoms with Crippen LogP contribution in [0, 0.1) is 34.0 Å². The van der Waals surface area contributed by atoms with Crippen molar-refractivity contribution in [1.29, 1.82) is 15.8 Å². The SMILES string of the molecule is CC(=O)c1ccc2oc(C#N)cc2c1.CC(=O)c1ccc2oc(C#N)cc2c1.CC(=O)c1ccc2oc(C(N)=O)cc2c1.CCCc1ccc(N)cc1Cl.CCCc1ccc(NC(C)c2ccc3oc(C#N)cc3c2)cc1Cl.NC(=O)c1cc2ccccc2o1. The molecule has 0 radical (unpaired) electrons. The smallest absolute Gasteiger partial charge is 0.284 e. The number of anilines is 2. The summed E-state index contributed by atoms with van der Waals surface area (Å²) in [6, 6.07) is 54.5. The molecule has 12 rings (SSSR count). The number of nitrogens with one attached hydrogen (secondary N) is 1. The Morgan fingerprint density at radius 2 is 0.856 bits per heavy atom. The van der Waals surface area contributed by atoms with Crippen molar-refractivity contribution in [3.8, 4) is 18.2 Å². The highest BCUT2D eigenvalue weighted by atomic mass is 35.5. The van der Waals surface area contributed by atoms with E-state index < -0.39 is 11.8 Å². The number of nitrogens with two attached hydrogens (primary N) is 3. The molecule has 454 valence electrons. The van der Waals surface area contributed by atoms with E-state index in [4.69, 9.17) is 78.3 Å². The highest BCUT2D eigenvalue weighted by Crippen LogP contribution is 2.30. The molecule has 1 unspecified atom stereocenters. The number of nitriles is 3. The van der Waals surface area contributed by atoms with Crippen LogP contribution in [-0.2, 0) is 12.8 Å². The highest BCUT2D eigenvalue weighted by molar-refractivity contribution is 6.32. The predicted molar refractivity (Wildman–Crippen MR) is 350 cm³/mol. The van der Waals surface area contributed by atoms with E-state index in [2.05, 4.69) is 38.2 Å². The van der Waals surface area contributed by atoms with Crippen LogP contribution in [0.5, 0.6) is 0 Å². The fourth-order valence-corrected chi connectivity index (χ4v) is 9.54. The Hall–Kier alpha value is -11.2. The molecule has 90 heavy (non-hydrogen) atoms.